The monoisotopic (exact) mass is 170 g/mol. The first kappa shape index (κ1) is 10.6. The van der Waals surface area contributed by atoms with Gasteiger partial charge in [-0.15, -0.1) is 0 Å². The summed E-state index contributed by atoms with van der Waals surface area (Å²) in [5.74, 6) is -2.20. The molecule has 0 spiro atoms. The van der Waals surface area contributed by atoms with E-state index in [9.17, 15) is 14.4 Å². The Labute approximate surface area is 69.9 Å². The summed E-state index contributed by atoms with van der Waals surface area (Å²) in [6.45, 7) is 4.82. The minimum Gasteiger partial charge on any atom is -0.481 e. The molecule has 0 atom stereocenters. The van der Waals surface area contributed by atoms with Crippen LogP contribution in [0.5, 0.6) is 0 Å². The highest BCUT2D eigenvalue weighted by Crippen LogP contribution is 1.98. The van der Waals surface area contributed by atoms with E-state index < -0.39 is 24.0 Å². The van der Waals surface area contributed by atoms with E-state index in [1.54, 1.807) is 0 Å². The van der Waals surface area contributed by atoms with Crippen molar-refractivity contribution in [3.63, 3.8) is 0 Å². The summed E-state index contributed by atoms with van der Waals surface area (Å²) >= 11 is 0. The first-order valence-electron chi connectivity index (χ1n) is 3.35. The van der Waals surface area contributed by atoms with Gasteiger partial charge in [-0.25, -0.2) is 0 Å². The number of hydrogen-bond acceptors (Lipinski definition) is 3. The fourth-order valence-electron chi connectivity index (χ4n) is 0.561. The first-order valence-corrected chi connectivity index (χ1v) is 3.35. The van der Waals surface area contributed by atoms with E-state index in [1.165, 1.54) is 6.92 Å². The number of carbonyl (C=O) groups excluding carboxylic acids is 2. The zero-order valence-corrected chi connectivity index (χ0v) is 6.79. The number of rotatable bonds is 5. The van der Waals surface area contributed by atoms with Crippen LogP contribution in [-0.4, -0.2) is 22.6 Å². The molecule has 0 amide bonds. The molecule has 0 fully saturated rings. The summed E-state index contributed by atoms with van der Waals surface area (Å²) < 4.78 is 0. The van der Waals surface area contributed by atoms with Crippen molar-refractivity contribution in [3.8, 4) is 0 Å². The second-order valence-electron chi connectivity index (χ2n) is 2.49. The van der Waals surface area contributed by atoms with Crippen molar-refractivity contribution in [1.29, 1.82) is 0 Å². The van der Waals surface area contributed by atoms with Gasteiger partial charge in [-0.3, -0.25) is 14.4 Å². The molecule has 0 saturated carbocycles. The summed E-state index contributed by atoms with van der Waals surface area (Å²) in [5.41, 5.74) is 0.272. The molecule has 0 heterocycles. The SMILES string of the molecule is C=C(C)C(=O)CC(=O)CC(=O)O. The molecule has 0 unspecified atom stereocenters. The summed E-state index contributed by atoms with van der Waals surface area (Å²) in [4.78, 5) is 31.6. The Bertz CT molecular complexity index is 239. The number of carbonyl (C=O) groups is 3. The van der Waals surface area contributed by atoms with Crippen molar-refractivity contribution in [3.05, 3.63) is 12.2 Å². The summed E-state index contributed by atoms with van der Waals surface area (Å²) in [5, 5.41) is 8.18. The maximum atomic E-state index is 10.8. The van der Waals surface area contributed by atoms with Gasteiger partial charge in [0.1, 0.15) is 6.42 Å². The Balaban J connectivity index is 3.94. The summed E-state index contributed by atoms with van der Waals surface area (Å²) in [7, 11) is 0. The zero-order chi connectivity index (χ0) is 9.72. The minimum atomic E-state index is -1.21. The fourth-order valence-corrected chi connectivity index (χ4v) is 0.561. The summed E-state index contributed by atoms with van der Waals surface area (Å²) in [6.07, 6.45) is -0.958. The Kier molecular flexibility index (Phi) is 3.90. The molecular weight excluding hydrogens is 160 g/mol. The van der Waals surface area contributed by atoms with Crippen LogP contribution in [0.3, 0.4) is 0 Å². The summed E-state index contributed by atoms with van der Waals surface area (Å²) in [6, 6.07) is 0. The molecule has 1 N–H and O–H groups in total. The van der Waals surface area contributed by atoms with E-state index >= 15 is 0 Å². The molecule has 0 aromatic heterocycles. The molecule has 4 nitrogen and oxygen atoms in total. The Hall–Kier alpha value is -1.45. The molecule has 66 valence electrons. The third kappa shape index (κ3) is 4.38. The lowest BCUT2D eigenvalue weighted by Crippen LogP contribution is -2.12. The van der Waals surface area contributed by atoms with Gasteiger partial charge < -0.3 is 5.11 Å². The molecule has 0 aliphatic heterocycles. The average molecular weight is 170 g/mol. The van der Waals surface area contributed by atoms with Crippen LogP contribution in [0.25, 0.3) is 0 Å². The molecule has 0 aliphatic carbocycles. The Morgan fingerprint density at radius 1 is 1.25 bits per heavy atom. The van der Waals surface area contributed by atoms with Gasteiger partial charge in [-0.05, 0) is 12.5 Å². The standard InChI is InChI=1S/C8H10O4/c1-5(2)7(10)3-6(9)4-8(11)12/h1,3-4H2,2H3,(H,11,12). The van der Waals surface area contributed by atoms with Crippen LogP contribution in [0.1, 0.15) is 19.8 Å². The van der Waals surface area contributed by atoms with Crippen molar-refractivity contribution in [2.45, 2.75) is 19.8 Å². The molecular formula is C8H10O4. The molecule has 12 heavy (non-hydrogen) atoms. The number of allylic oxidation sites excluding steroid dienone is 1. The lowest BCUT2D eigenvalue weighted by molar-refractivity contribution is -0.140. The van der Waals surface area contributed by atoms with Crippen LogP contribution < -0.4 is 0 Å². The first-order chi connectivity index (χ1) is 5.43. The van der Waals surface area contributed by atoms with Crippen molar-refractivity contribution in [2.75, 3.05) is 0 Å². The van der Waals surface area contributed by atoms with Gasteiger partial charge in [-0.1, -0.05) is 6.58 Å². The number of carboxylic acid groups (broad SMARTS) is 1. The van der Waals surface area contributed by atoms with Crippen molar-refractivity contribution >= 4 is 17.5 Å². The number of ketones is 2. The number of Topliss-reactive ketones (excluding diaryl/α,β-unsaturated/α-hetero) is 2. The van der Waals surface area contributed by atoms with Crippen LogP contribution >= 0.6 is 0 Å². The van der Waals surface area contributed by atoms with Gasteiger partial charge in [0.25, 0.3) is 0 Å². The molecule has 0 radical (unpaired) electrons. The highest BCUT2D eigenvalue weighted by molar-refractivity contribution is 6.10. The highest BCUT2D eigenvalue weighted by atomic mass is 16.4. The lowest BCUT2D eigenvalue weighted by atomic mass is 10.1. The normalized spacial score (nSPS) is 9.08. The van der Waals surface area contributed by atoms with E-state index in [2.05, 4.69) is 6.58 Å². The zero-order valence-electron chi connectivity index (χ0n) is 6.79. The topological polar surface area (TPSA) is 71.4 Å². The third-order valence-electron chi connectivity index (χ3n) is 1.18. The second-order valence-corrected chi connectivity index (χ2v) is 2.49. The van der Waals surface area contributed by atoms with E-state index in [0.717, 1.165) is 0 Å². The minimum absolute atomic E-state index is 0.272. The van der Waals surface area contributed by atoms with Crippen molar-refractivity contribution in [2.24, 2.45) is 0 Å². The maximum absolute atomic E-state index is 10.8. The van der Waals surface area contributed by atoms with Gasteiger partial charge >= 0.3 is 5.97 Å². The molecule has 0 bridgehead atoms. The van der Waals surface area contributed by atoms with Crippen LogP contribution in [-0.2, 0) is 14.4 Å². The van der Waals surface area contributed by atoms with Crippen molar-refractivity contribution < 1.29 is 19.5 Å². The highest BCUT2D eigenvalue weighted by Gasteiger charge is 2.12. The van der Waals surface area contributed by atoms with Crippen LogP contribution in [0.15, 0.2) is 12.2 Å². The molecule has 0 saturated heterocycles. The van der Waals surface area contributed by atoms with Crippen LogP contribution in [0, 0.1) is 0 Å². The van der Waals surface area contributed by atoms with Crippen LogP contribution in [0.2, 0.25) is 0 Å². The van der Waals surface area contributed by atoms with Gasteiger partial charge in [-0.2, -0.15) is 0 Å². The van der Waals surface area contributed by atoms with E-state index in [-0.39, 0.29) is 12.0 Å². The largest absolute Gasteiger partial charge is 0.481 e. The number of aliphatic carboxylic acids is 1. The quantitative estimate of drug-likeness (QED) is 0.483. The fraction of sp³-hybridized carbons (Fsp3) is 0.375. The molecule has 0 rings (SSSR count). The van der Waals surface area contributed by atoms with E-state index in [0.29, 0.717) is 0 Å². The maximum Gasteiger partial charge on any atom is 0.310 e. The van der Waals surface area contributed by atoms with Gasteiger partial charge in [0.2, 0.25) is 0 Å². The lowest BCUT2D eigenvalue weighted by Gasteiger charge is -1.95. The number of carboxylic acids is 1. The predicted octanol–water partition coefficient (Wildman–Crippen LogP) is 0.565. The predicted molar refractivity (Wildman–Crippen MR) is 41.7 cm³/mol. The van der Waals surface area contributed by atoms with Crippen molar-refractivity contribution in [1.82, 2.24) is 0 Å². The molecule has 4 heteroatoms. The molecule has 0 aromatic rings. The van der Waals surface area contributed by atoms with E-state index in [4.69, 9.17) is 5.11 Å². The molecule has 0 aromatic carbocycles. The Morgan fingerprint density at radius 3 is 2.08 bits per heavy atom. The number of hydrogen-bond donors (Lipinski definition) is 1. The third-order valence-corrected chi connectivity index (χ3v) is 1.18. The average Bonchev–Trinajstić information content (AvgIpc) is 1.84. The van der Waals surface area contributed by atoms with E-state index in [1.807, 2.05) is 0 Å². The van der Waals surface area contributed by atoms with Crippen LogP contribution in [0.4, 0.5) is 0 Å². The Morgan fingerprint density at radius 2 is 1.75 bits per heavy atom. The second kappa shape index (κ2) is 4.43. The smallest absolute Gasteiger partial charge is 0.310 e. The van der Waals surface area contributed by atoms with Gasteiger partial charge in [0.05, 0.1) is 6.42 Å². The molecule has 0 aliphatic rings. The van der Waals surface area contributed by atoms with Gasteiger partial charge in [0, 0.05) is 0 Å². The van der Waals surface area contributed by atoms with Gasteiger partial charge in [0.15, 0.2) is 11.6 Å².